The van der Waals surface area contributed by atoms with Crippen molar-refractivity contribution in [2.75, 3.05) is 19.6 Å². The van der Waals surface area contributed by atoms with Crippen LogP contribution in [0.2, 0.25) is 0 Å². The van der Waals surface area contributed by atoms with E-state index in [1.54, 1.807) is 0 Å². The van der Waals surface area contributed by atoms with Gasteiger partial charge < -0.3 is 14.6 Å². The highest BCUT2D eigenvalue weighted by atomic mass is 16.2. The van der Waals surface area contributed by atoms with Crippen molar-refractivity contribution in [3.8, 4) is 0 Å². The number of imidazole rings is 1. The van der Waals surface area contributed by atoms with E-state index in [0.29, 0.717) is 12.6 Å². The molecule has 2 aliphatic heterocycles. The molecule has 144 valence electrons. The topological polar surface area (TPSA) is 52.9 Å². The smallest absolute Gasteiger partial charge is 0.318 e. The number of aromatic nitrogens is 2. The standard InChI is InChI=1S/C22H25N5O/c28-22-24-14-20(18-4-2-1-3-5-18)27(22)19-8-11-25(12-9-19)15-17-6-7-21-23-10-13-26(21)16-17/h1-7,10,13,16,19-20H,8-9,11-12,14-15H2,(H,24,28)/t20-/m0/s1. The first-order valence-corrected chi connectivity index (χ1v) is 10.0. The highest BCUT2D eigenvalue weighted by Gasteiger charge is 2.38. The van der Waals surface area contributed by atoms with E-state index >= 15 is 0 Å². The number of hydrogen-bond donors (Lipinski definition) is 1. The van der Waals surface area contributed by atoms with Gasteiger partial charge in [0.15, 0.2) is 0 Å². The van der Waals surface area contributed by atoms with Crippen molar-refractivity contribution in [2.45, 2.75) is 31.5 Å². The Labute approximate surface area is 164 Å². The fraction of sp³-hybridized carbons (Fsp3) is 0.364. The molecule has 2 aliphatic rings. The van der Waals surface area contributed by atoms with Crippen molar-refractivity contribution in [1.82, 2.24) is 24.5 Å². The van der Waals surface area contributed by atoms with Crippen molar-refractivity contribution in [1.29, 1.82) is 0 Å². The number of piperidine rings is 1. The molecule has 2 fully saturated rings. The van der Waals surface area contributed by atoms with Gasteiger partial charge in [0, 0.05) is 50.8 Å². The Balaban J connectivity index is 1.24. The molecule has 3 aromatic rings. The summed E-state index contributed by atoms with van der Waals surface area (Å²) in [6.45, 7) is 3.67. The van der Waals surface area contributed by atoms with Gasteiger partial charge in [0.25, 0.3) is 0 Å². The van der Waals surface area contributed by atoms with Gasteiger partial charge in [-0.3, -0.25) is 4.90 Å². The maximum absolute atomic E-state index is 12.5. The lowest BCUT2D eigenvalue weighted by molar-refractivity contribution is 0.112. The van der Waals surface area contributed by atoms with Crippen molar-refractivity contribution in [3.63, 3.8) is 0 Å². The number of likely N-dealkylation sites (tertiary alicyclic amines) is 1. The Morgan fingerprint density at radius 3 is 2.71 bits per heavy atom. The van der Waals surface area contributed by atoms with Crippen LogP contribution in [0, 0.1) is 0 Å². The summed E-state index contributed by atoms with van der Waals surface area (Å²) < 4.78 is 2.07. The molecule has 0 spiro atoms. The minimum Gasteiger partial charge on any atom is -0.336 e. The quantitative estimate of drug-likeness (QED) is 0.763. The molecule has 2 aromatic heterocycles. The third kappa shape index (κ3) is 3.24. The number of fused-ring (bicyclic) bond motifs is 1. The predicted octanol–water partition coefficient (Wildman–Crippen LogP) is 3.07. The highest BCUT2D eigenvalue weighted by molar-refractivity contribution is 5.77. The zero-order chi connectivity index (χ0) is 18.9. The Morgan fingerprint density at radius 1 is 1.07 bits per heavy atom. The molecule has 0 bridgehead atoms. The fourth-order valence-electron chi connectivity index (χ4n) is 4.56. The minimum atomic E-state index is 0.0814. The summed E-state index contributed by atoms with van der Waals surface area (Å²) >= 11 is 0. The van der Waals surface area contributed by atoms with Gasteiger partial charge in [-0.15, -0.1) is 0 Å². The van der Waals surface area contributed by atoms with E-state index in [2.05, 4.69) is 67.1 Å². The molecular formula is C22H25N5O. The average Bonchev–Trinajstić information content (AvgIpc) is 3.35. The summed E-state index contributed by atoms with van der Waals surface area (Å²) in [6, 6.07) is 15.1. The number of benzene rings is 1. The largest absolute Gasteiger partial charge is 0.336 e. The molecular weight excluding hydrogens is 350 g/mol. The molecule has 0 saturated carbocycles. The normalized spacial score (nSPS) is 21.4. The van der Waals surface area contributed by atoms with Gasteiger partial charge >= 0.3 is 6.03 Å². The highest BCUT2D eigenvalue weighted by Crippen LogP contribution is 2.31. The summed E-state index contributed by atoms with van der Waals surface area (Å²) in [5.74, 6) is 0. The predicted molar refractivity (Wildman–Crippen MR) is 108 cm³/mol. The zero-order valence-electron chi connectivity index (χ0n) is 15.9. The average molecular weight is 375 g/mol. The third-order valence-corrected chi connectivity index (χ3v) is 6.01. The van der Waals surface area contributed by atoms with Crippen LogP contribution < -0.4 is 5.32 Å². The van der Waals surface area contributed by atoms with Crippen molar-refractivity contribution >= 4 is 11.7 Å². The molecule has 2 saturated heterocycles. The molecule has 5 rings (SSSR count). The lowest BCUT2D eigenvalue weighted by Gasteiger charge is -2.38. The van der Waals surface area contributed by atoms with Gasteiger partial charge in [0.2, 0.25) is 0 Å². The van der Waals surface area contributed by atoms with E-state index in [1.807, 2.05) is 18.5 Å². The second-order valence-electron chi connectivity index (χ2n) is 7.76. The lowest BCUT2D eigenvalue weighted by atomic mass is 9.99. The Hall–Kier alpha value is -2.86. The van der Waals surface area contributed by atoms with Gasteiger partial charge in [-0.1, -0.05) is 36.4 Å². The van der Waals surface area contributed by atoms with E-state index < -0.39 is 0 Å². The summed E-state index contributed by atoms with van der Waals surface area (Å²) in [4.78, 5) is 21.4. The first kappa shape index (κ1) is 17.3. The second kappa shape index (κ2) is 7.28. The number of nitrogens with zero attached hydrogens (tertiary/aromatic N) is 4. The van der Waals surface area contributed by atoms with E-state index in [4.69, 9.17) is 0 Å². The molecule has 1 aromatic carbocycles. The maximum Gasteiger partial charge on any atom is 0.318 e. The molecule has 6 nitrogen and oxygen atoms in total. The van der Waals surface area contributed by atoms with Crippen molar-refractivity contribution in [3.05, 3.63) is 72.2 Å². The van der Waals surface area contributed by atoms with Gasteiger partial charge in [0.1, 0.15) is 5.65 Å². The summed E-state index contributed by atoms with van der Waals surface area (Å²) in [7, 11) is 0. The minimum absolute atomic E-state index is 0.0814. The number of pyridine rings is 1. The monoisotopic (exact) mass is 375 g/mol. The van der Waals surface area contributed by atoms with Gasteiger partial charge in [-0.2, -0.15) is 0 Å². The zero-order valence-corrected chi connectivity index (χ0v) is 15.9. The van der Waals surface area contributed by atoms with Gasteiger partial charge in [0.05, 0.1) is 6.04 Å². The van der Waals surface area contributed by atoms with Gasteiger partial charge in [-0.05, 0) is 30.0 Å². The van der Waals surface area contributed by atoms with Crippen LogP contribution in [0.4, 0.5) is 4.79 Å². The first-order chi connectivity index (χ1) is 13.8. The molecule has 0 aliphatic carbocycles. The number of hydrogen-bond acceptors (Lipinski definition) is 3. The van der Waals surface area contributed by atoms with Crippen molar-refractivity contribution in [2.24, 2.45) is 0 Å². The number of amides is 2. The molecule has 1 N–H and O–H groups in total. The molecule has 4 heterocycles. The number of rotatable bonds is 4. The van der Waals surface area contributed by atoms with Crippen LogP contribution in [0.1, 0.15) is 30.0 Å². The molecule has 6 heteroatoms. The number of carbonyl (C=O) groups is 1. The van der Waals surface area contributed by atoms with Gasteiger partial charge in [-0.25, -0.2) is 9.78 Å². The van der Waals surface area contributed by atoms with Crippen LogP contribution in [-0.4, -0.2) is 50.9 Å². The van der Waals surface area contributed by atoms with E-state index in [9.17, 15) is 4.79 Å². The van der Waals surface area contributed by atoms with Crippen LogP contribution >= 0.6 is 0 Å². The van der Waals surface area contributed by atoms with Crippen LogP contribution in [0.25, 0.3) is 5.65 Å². The summed E-state index contributed by atoms with van der Waals surface area (Å²) in [5, 5.41) is 3.05. The lowest BCUT2D eigenvalue weighted by Crippen LogP contribution is -2.46. The van der Waals surface area contributed by atoms with E-state index in [-0.39, 0.29) is 12.1 Å². The maximum atomic E-state index is 12.5. The number of carbonyl (C=O) groups excluding carboxylic acids is 1. The molecule has 2 amide bonds. The van der Waals surface area contributed by atoms with Crippen LogP contribution in [0.5, 0.6) is 0 Å². The summed E-state index contributed by atoms with van der Waals surface area (Å²) in [6.07, 6.45) is 8.01. The first-order valence-electron chi connectivity index (χ1n) is 10.0. The Morgan fingerprint density at radius 2 is 1.89 bits per heavy atom. The second-order valence-corrected chi connectivity index (χ2v) is 7.76. The Kier molecular flexibility index (Phi) is 4.49. The van der Waals surface area contributed by atoms with E-state index in [0.717, 1.165) is 38.1 Å². The van der Waals surface area contributed by atoms with Crippen LogP contribution in [0.15, 0.2) is 61.1 Å². The van der Waals surface area contributed by atoms with Crippen molar-refractivity contribution < 1.29 is 4.79 Å². The fourth-order valence-corrected chi connectivity index (χ4v) is 4.56. The molecule has 1 atom stereocenters. The molecule has 28 heavy (non-hydrogen) atoms. The number of urea groups is 1. The number of nitrogens with one attached hydrogen (secondary N) is 1. The summed E-state index contributed by atoms with van der Waals surface area (Å²) in [5.41, 5.74) is 3.50. The SMILES string of the molecule is O=C1NC[C@@H](c2ccccc2)N1C1CCN(Cc2ccc3nccn3c2)CC1. The van der Waals surface area contributed by atoms with Crippen LogP contribution in [-0.2, 0) is 6.54 Å². The van der Waals surface area contributed by atoms with Crippen LogP contribution in [0.3, 0.4) is 0 Å². The van der Waals surface area contributed by atoms with E-state index in [1.165, 1.54) is 11.1 Å². The molecule has 0 radical (unpaired) electrons. The molecule has 0 unspecified atom stereocenters. The third-order valence-electron chi connectivity index (χ3n) is 6.01. The Bertz CT molecular complexity index is 961.